The number of rotatable bonds is 8. The van der Waals surface area contributed by atoms with E-state index >= 15 is 0 Å². The van der Waals surface area contributed by atoms with Gasteiger partial charge < -0.3 is 10.6 Å². The summed E-state index contributed by atoms with van der Waals surface area (Å²) in [6.07, 6.45) is 8.16. The Balaban J connectivity index is 1.79. The summed E-state index contributed by atoms with van der Waals surface area (Å²) in [6, 6.07) is 6.48. The first kappa shape index (κ1) is 21.8. The minimum absolute atomic E-state index is 0.0259. The number of thiophene rings is 1. The smallest absolute Gasteiger partial charge is 0.256 e. The van der Waals surface area contributed by atoms with Gasteiger partial charge in [0.15, 0.2) is 0 Å². The topological polar surface area (TPSA) is 101 Å². The molecule has 8 heteroatoms. The average Bonchev–Trinajstić information content (AvgIpc) is 3.19. The molecule has 1 heterocycles. The minimum atomic E-state index is -3.86. The molecule has 158 valence electrons. The van der Waals surface area contributed by atoms with E-state index in [2.05, 4.69) is 17.6 Å². The van der Waals surface area contributed by atoms with Crippen LogP contribution in [-0.4, -0.2) is 20.9 Å². The molecule has 3 rings (SSSR count). The lowest BCUT2D eigenvalue weighted by Crippen LogP contribution is -2.16. The van der Waals surface area contributed by atoms with Crippen LogP contribution in [0.1, 0.15) is 73.0 Å². The van der Waals surface area contributed by atoms with Crippen LogP contribution in [0.25, 0.3) is 0 Å². The van der Waals surface area contributed by atoms with Crippen LogP contribution in [0.3, 0.4) is 0 Å². The Morgan fingerprint density at radius 1 is 1.17 bits per heavy atom. The maximum Gasteiger partial charge on any atom is 0.256 e. The molecule has 1 aromatic carbocycles. The molecule has 0 radical (unpaired) electrons. The highest BCUT2D eigenvalue weighted by atomic mass is 32.2. The number of hydrogen-bond donors (Lipinski definition) is 3. The van der Waals surface area contributed by atoms with Gasteiger partial charge in [0.2, 0.25) is 10.0 Å². The molecule has 0 unspecified atom stereocenters. The van der Waals surface area contributed by atoms with Crippen molar-refractivity contribution in [2.45, 2.75) is 62.7 Å². The fraction of sp³-hybridized carbons (Fsp3) is 0.476. The number of hydrogen-bond acceptors (Lipinski definition) is 5. The molecule has 4 N–H and O–H groups in total. The third-order valence-electron chi connectivity index (χ3n) is 5.30. The monoisotopic (exact) mass is 435 g/mol. The Morgan fingerprint density at radius 3 is 2.62 bits per heavy atom. The molecule has 0 aliphatic heterocycles. The van der Waals surface area contributed by atoms with Crippen LogP contribution < -0.4 is 15.8 Å². The number of amides is 1. The molecule has 1 fully saturated rings. The molecule has 0 spiro atoms. The van der Waals surface area contributed by atoms with Gasteiger partial charge in [-0.05, 0) is 49.4 Å². The predicted octanol–water partition coefficient (Wildman–Crippen LogP) is 4.91. The van der Waals surface area contributed by atoms with Gasteiger partial charge in [0.1, 0.15) is 0 Å². The summed E-state index contributed by atoms with van der Waals surface area (Å²) in [5.74, 6) is 0.306. The van der Waals surface area contributed by atoms with E-state index in [1.54, 1.807) is 17.4 Å². The zero-order valence-corrected chi connectivity index (χ0v) is 18.4. The minimum Gasteiger partial charge on any atom is -0.383 e. The number of sulfonamides is 1. The second-order valence-corrected chi connectivity index (χ2v) is 10.1. The van der Waals surface area contributed by atoms with E-state index < -0.39 is 10.0 Å². The molecule has 0 saturated heterocycles. The van der Waals surface area contributed by atoms with Crippen molar-refractivity contribution in [2.75, 3.05) is 17.2 Å². The molecule has 1 aliphatic carbocycles. The maximum atomic E-state index is 12.8. The highest BCUT2D eigenvalue weighted by molar-refractivity contribution is 7.89. The Kier molecular flexibility index (Phi) is 7.32. The number of benzene rings is 1. The molecular weight excluding hydrogens is 406 g/mol. The van der Waals surface area contributed by atoms with E-state index in [-0.39, 0.29) is 10.8 Å². The van der Waals surface area contributed by atoms with Crippen molar-refractivity contribution in [3.8, 4) is 0 Å². The summed E-state index contributed by atoms with van der Waals surface area (Å²) < 4.78 is 23.5. The number of nitrogens with one attached hydrogen (secondary N) is 2. The van der Waals surface area contributed by atoms with Crippen LogP contribution in [0.2, 0.25) is 0 Å². The van der Waals surface area contributed by atoms with Crippen LogP contribution in [-0.2, 0) is 10.0 Å². The lowest BCUT2D eigenvalue weighted by atomic mass is 9.88. The van der Waals surface area contributed by atoms with Gasteiger partial charge in [0.05, 0.1) is 21.8 Å². The molecule has 6 nitrogen and oxygen atoms in total. The Hall–Kier alpha value is -1.90. The van der Waals surface area contributed by atoms with Crippen molar-refractivity contribution in [1.29, 1.82) is 0 Å². The third kappa shape index (κ3) is 5.81. The van der Waals surface area contributed by atoms with Gasteiger partial charge in [-0.15, -0.1) is 11.3 Å². The fourth-order valence-corrected chi connectivity index (χ4v) is 5.23. The van der Waals surface area contributed by atoms with Crippen LogP contribution in [0, 0.1) is 0 Å². The molecule has 1 saturated carbocycles. The number of primary sulfonamides is 1. The average molecular weight is 436 g/mol. The second kappa shape index (κ2) is 9.73. The van der Waals surface area contributed by atoms with Crippen molar-refractivity contribution in [3.05, 3.63) is 40.1 Å². The van der Waals surface area contributed by atoms with E-state index in [0.29, 0.717) is 22.9 Å². The van der Waals surface area contributed by atoms with Crippen LogP contribution in [0.5, 0.6) is 0 Å². The number of carbonyl (C=O) groups is 1. The molecule has 1 aliphatic rings. The quantitative estimate of drug-likeness (QED) is 0.513. The summed E-state index contributed by atoms with van der Waals surface area (Å²) in [5, 5.41) is 13.3. The maximum absolute atomic E-state index is 12.8. The molecule has 0 atom stereocenters. The second-order valence-electron chi connectivity index (χ2n) is 7.56. The molecule has 1 amide bonds. The van der Waals surface area contributed by atoms with Gasteiger partial charge in [-0.2, -0.15) is 0 Å². The molecule has 0 bridgehead atoms. The lowest BCUT2D eigenvalue weighted by molar-refractivity contribution is 0.102. The van der Waals surface area contributed by atoms with Crippen molar-refractivity contribution >= 4 is 38.6 Å². The summed E-state index contributed by atoms with van der Waals surface area (Å²) in [4.78, 5) is 14.1. The van der Waals surface area contributed by atoms with Crippen LogP contribution in [0.4, 0.5) is 11.4 Å². The first-order valence-electron chi connectivity index (χ1n) is 10.2. The molecule has 2 aromatic rings. The highest BCUT2D eigenvalue weighted by Crippen LogP contribution is 2.36. The van der Waals surface area contributed by atoms with Gasteiger partial charge in [-0.3, -0.25) is 4.79 Å². The number of carbonyl (C=O) groups excluding carboxylic acids is 1. The SMILES string of the molecule is CCCCNc1ccc(S(N)(=O)=O)cc1NC(=O)c1csc(C2CCCCC2)c1. The summed E-state index contributed by atoms with van der Waals surface area (Å²) in [7, 11) is -3.86. The largest absolute Gasteiger partial charge is 0.383 e. The van der Waals surface area contributed by atoms with E-state index in [0.717, 1.165) is 19.4 Å². The van der Waals surface area contributed by atoms with Gasteiger partial charge in [-0.1, -0.05) is 32.6 Å². The van der Waals surface area contributed by atoms with E-state index in [4.69, 9.17) is 5.14 Å². The van der Waals surface area contributed by atoms with E-state index in [1.165, 1.54) is 49.1 Å². The number of nitrogens with two attached hydrogens (primary N) is 1. The number of anilines is 2. The van der Waals surface area contributed by atoms with Gasteiger partial charge in [-0.25, -0.2) is 13.6 Å². The Bertz CT molecular complexity index is 948. The van der Waals surface area contributed by atoms with Crippen molar-refractivity contribution < 1.29 is 13.2 Å². The van der Waals surface area contributed by atoms with Crippen molar-refractivity contribution in [3.63, 3.8) is 0 Å². The fourth-order valence-electron chi connectivity index (χ4n) is 3.63. The summed E-state index contributed by atoms with van der Waals surface area (Å²) >= 11 is 1.63. The van der Waals surface area contributed by atoms with Gasteiger partial charge >= 0.3 is 0 Å². The summed E-state index contributed by atoms with van der Waals surface area (Å²) in [6.45, 7) is 2.83. The standard InChI is InChI=1S/C21H29N3O3S2/c1-2-3-11-23-18-10-9-17(29(22,26)27)13-19(18)24-21(25)16-12-20(28-14-16)15-7-5-4-6-8-15/h9-10,12-15,23H,2-8,11H2,1H3,(H,24,25)(H2,22,26,27). The Labute approximate surface area is 176 Å². The van der Waals surface area contributed by atoms with E-state index in [9.17, 15) is 13.2 Å². The van der Waals surface area contributed by atoms with Crippen molar-refractivity contribution in [2.24, 2.45) is 5.14 Å². The highest BCUT2D eigenvalue weighted by Gasteiger charge is 2.20. The van der Waals surface area contributed by atoms with Gasteiger partial charge in [0, 0.05) is 16.8 Å². The normalized spacial score (nSPS) is 15.2. The van der Waals surface area contributed by atoms with Crippen molar-refractivity contribution in [1.82, 2.24) is 0 Å². The predicted molar refractivity (Wildman–Crippen MR) is 119 cm³/mol. The zero-order chi connectivity index (χ0) is 20.9. The Morgan fingerprint density at radius 2 is 1.93 bits per heavy atom. The molecular formula is C21H29N3O3S2. The van der Waals surface area contributed by atoms with E-state index in [1.807, 2.05) is 11.4 Å². The first-order chi connectivity index (χ1) is 13.9. The van der Waals surface area contributed by atoms with Gasteiger partial charge in [0.25, 0.3) is 5.91 Å². The molecule has 1 aromatic heterocycles. The molecule has 29 heavy (non-hydrogen) atoms. The van der Waals surface area contributed by atoms with Crippen LogP contribution in [0.15, 0.2) is 34.5 Å². The third-order valence-corrected chi connectivity index (χ3v) is 7.31. The zero-order valence-electron chi connectivity index (χ0n) is 16.7. The first-order valence-corrected chi connectivity index (χ1v) is 12.6. The van der Waals surface area contributed by atoms with Crippen LogP contribution >= 0.6 is 11.3 Å². The number of unbranched alkanes of at least 4 members (excludes halogenated alkanes) is 1. The summed E-state index contributed by atoms with van der Waals surface area (Å²) in [5.41, 5.74) is 1.71. The lowest BCUT2D eigenvalue weighted by Gasteiger charge is -2.19.